The molecule has 0 aliphatic carbocycles. The van der Waals surface area contributed by atoms with Crippen LogP contribution in [0, 0.1) is 12.7 Å². The van der Waals surface area contributed by atoms with E-state index < -0.39 is 12.0 Å². The molecule has 1 aliphatic heterocycles. The molecule has 0 bridgehead atoms. The van der Waals surface area contributed by atoms with Gasteiger partial charge in [0.1, 0.15) is 17.3 Å². The van der Waals surface area contributed by atoms with Crippen LogP contribution in [-0.2, 0) is 12.3 Å². The van der Waals surface area contributed by atoms with Crippen LogP contribution in [0.1, 0.15) is 44.1 Å². The number of carbonyl (C=O) groups is 2. The number of rotatable bonds is 10. The molecule has 0 saturated carbocycles. The van der Waals surface area contributed by atoms with E-state index in [9.17, 15) is 18.8 Å². The number of thioether (sulfide) groups is 1. The summed E-state index contributed by atoms with van der Waals surface area (Å²) in [6.07, 6.45) is 6.23. The van der Waals surface area contributed by atoms with Gasteiger partial charge in [0.05, 0.1) is 5.52 Å². The molecule has 12 heteroatoms. The van der Waals surface area contributed by atoms with Gasteiger partial charge in [-0.15, -0.1) is 11.8 Å². The minimum absolute atomic E-state index is 0.0543. The molecule has 70 heavy (non-hydrogen) atoms. The van der Waals surface area contributed by atoms with Gasteiger partial charge in [0, 0.05) is 66.1 Å². The Bertz CT molecular complexity index is 3370. The predicted octanol–water partition coefficient (Wildman–Crippen LogP) is 9.06. The lowest BCUT2D eigenvalue weighted by atomic mass is 9.13. The number of hydrogen-bond acceptors (Lipinski definition) is 6. The van der Waals surface area contributed by atoms with Crippen LogP contribution in [0.15, 0.2) is 220 Å². The van der Waals surface area contributed by atoms with Crippen molar-refractivity contribution in [3.8, 4) is 11.1 Å². The highest BCUT2D eigenvalue weighted by molar-refractivity contribution is 7.99. The molecule has 1 atom stereocenters. The maximum Gasteiger partial charge on any atom is 0.519 e. The summed E-state index contributed by atoms with van der Waals surface area (Å²) in [5, 5.41) is 0.606. The summed E-state index contributed by atoms with van der Waals surface area (Å²) >= 11 is 1.71. The Labute approximate surface area is 409 Å². The van der Waals surface area contributed by atoms with Gasteiger partial charge in [-0.1, -0.05) is 146 Å². The van der Waals surface area contributed by atoms with Crippen molar-refractivity contribution in [2.24, 2.45) is 0 Å². The number of aromatic nitrogens is 3. The molecule has 1 amide bonds. The lowest BCUT2D eigenvalue weighted by molar-refractivity contribution is -0.690. The third kappa shape index (κ3) is 8.62. The molecule has 9 nitrogen and oxygen atoms in total. The molecule has 0 N–H and O–H groups in total. The van der Waals surface area contributed by atoms with Crippen molar-refractivity contribution in [2.75, 3.05) is 14.1 Å². The fourth-order valence-electron chi connectivity index (χ4n) is 9.90. The van der Waals surface area contributed by atoms with Crippen LogP contribution in [0.3, 0.4) is 0 Å². The number of pyridine rings is 1. The summed E-state index contributed by atoms with van der Waals surface area (Å²) < 4.78 is 29.3. The number of halogens is 1. The Hall–Kier alpha value is -8.22. The summed E-state index contributed by atoms with van der Waals surface area (Å²) in [5.74, 6) is 0.334. The molecule has 0 fully saturated rings. The van der Waals surface area contributed by atoms with E-state index >= 15 is 0 Å². The van der Waals surface area contributed by atoms with Crippen molar-refractivity contribution in [3.05, 3.63) is 257 Å². The van der Waals surface area contributed by atoms with Gasteiger partial charge < -0.3 is 18.3 Å². The largest absolute Gasteiger partial charge is 0.519 e. The average Bonchev–Trinajstić information content (AvgIpc) is 4.18. The first-order valence-electron chi connectivity index (χ1n) is 23.0. The summed E-state index contributed by atoms with van der Waals surface area (Å²) in [7, 11) is 3.33. The molecule has 10 aromatic rings. The number of benzene rings is 6. The van der Waals surface area contributed by atoms with Crippen LogP contribution in [0.4, 0.5) is 9.18 Å². The van der Waals surface area contributed by atoms with Crippen molar-refractivity contribution in [1.82, 2.24) is 14.0 Å². The standard InChI is InChI=1S/C34H28FN4O5S.C24H20B/c1-20-30(44-34(42)43-20)18-37-13-4-5-23(16-37)32-38-14-12-26(29(38)19-45-32)31(40)27-17-39(33(41)36(2)3)28-15-22(8-11-25(27)28)21-6-9-24(35)10-7-21;1-5-13-21(14-6-1)25(22-15-7-2-8-16-22,23-17-9-3-10-18-23)24-19-11-4-12-20-24/h4-17,32H,18-19H2,1-3H3;1-20H/q+1;-1/t32-;/m1./s1. The van der Waals surface area contributed by atoms with Crippen molar-refractivity contribution >= 4 is 62.5 Å². The minimum atomic E-state index is -1.22. The Morgan fingerprint density at radius 1 is 0.714 bits per heavy atom. The summed E-state index contributed by atoms with van der Waals surface area (Å²) in [6.45, 7) is 2.05. The first-order valence-corrected chi connectivity index (χ1v) is 24.1. The molecule has 1 aliphatic rings. The molecular formula is C58H48BFN4O5S. The number of carbonyl (C=O) groups excluding carboxylic acids is 2. The Kier molecular flexibility index (Phi) is 12.6. The highest BCUT2D eigenvalue weighted by atomic mass is 32.2. The lowest BCUT2D eigenvalue weighted by Crippen LogP contribution is -2.74. The van der Waals surface area contributed by atoms with Crippen molar-refractivity contribution < 1.29 is 27.4 Å². The second-order valence-electron chi connectivity index (χ2n) is 17.7. The molecular weight excluding hydrogens is 895 g/mol. The molecule has 0 spiro atoms. The summed E-state index contributed by atoms with van der Waals surface area (Å²) in [6, 6.07) is 60.8. The average molecular weight is 943 g/mol. The monoisotopic (exact) mass is 942 g/mol. The van der Waals surface area contributed by atoms with Gasteiger partial charge in [0.2, 0.25) is 12.3 Å². The maximum absolute atomic E-state index is 14.2. The van der Waals surface area contributed by atoms with Gasteiger partial charge in [-0.3, -0.25) is 9.36 Å². The Morgan fingerprint density at radius 3 is 1.83 bits per heavy atom. The molecule has 11 rings (SSSR count). The fraction of sp³-hybridized carbons (Fsp3) is 0.103. The molecule has 0 unspecified atom stereocenters. The van der Waals surface area contributed by atoms with Crippen LogP contribution >= 0.6 is 11.8 Å². The fourth-order valence-corrected chi connectivity index (χ4v) is 11.2. The third-order valence-corrected chi connectivity index (χ3v) is 14.5. The molecule has 0 radical (unpaired) electrons. The summed E-state index contributed by atoms with van der Waals surface area (Å²) in [5.41, 5.74) is 10.5. The summed E-state index contributed by atoms with van der Waals surface area (Å²) in [4.78, 5) is 40.3. The number of fused-ring (bicyclic) bond motifs is 2. The maximum atomic E-state index is 14.2. The highest BCUT2D eigenvalue weighted by Gasteiger charge is 2.33. The molecule has 5 heterocycles. The zero-order valence-electron chi connectivity index (χ0n) is 38.8. The van der Waals surface area contributed by atoms with E-state index in [1.165, 1.54) is 43.5 Å². The predicted molar refractivity (Wildman–Crippen MR) is 277 cm³/mol. The van der Waals surface area contributed by atoms with Gasteiger partial charge in [-0.25, -0.2) is 14.0 Å². The minimum Gasteiger partial charge on any atom is -0.396 e. The van der Waals surface area contributed by atoms with E-state index in [2.05, 4.69) is 126 Å². The van der Waals surface area contributed by atoms with E-state index in [0.29, 0.717) is 45.8 Å². The highest BCUT2D eigenvalue weighted by Crippen LogP contribution is 2.43. The third-order valence-electron chi connectivity index (χ3n) is 13.2. The topological polar surface area (TPSA) is 94.5 Å². The van der Waals surface area contributed by atoms with Crippen LogP contribution in [0.2, 0.25) is 0 Å². The number of aryl methyl sites for hydroxylation is 1. The van der Waals surface area contributed by atoms with E-state index in [-0.39, 0.29) is 23.0 Å². The van der Waals surface area contributed by atoms with Crippen molar-refractivity contribution in [3.63, 3.8) is 0 Å². The smallest absolute Gasteiger partial charge is 0.396 e. The zero-order chi connectivity index (χ0) is 48.4. The van der Waals surface area contributed by atoms with Crippen molar-refractivity contribution in [1.29, 1.82) is 0 Å². The first-order chi connectivity index (χ1) is 34.1. The van der Waals surface area contributed by atoms with Gasteiger partial charge in [0.15, 0.2) is 23.9 Å². The van der Waals surface area contributed by atoms with E-state index in [1.807, 2.05) is 59.6 Å². The SMILES string of the molecule is Cc1oc(=O)oc1C[n+]1cccc([C@H]2SCc3c(C(=O)c4cn(C(=O)N(C)C)c5cc(-c6ccc(F)cc6)ccc45)ccn32)c1.c1ccc([B-](c2ccccc2)(c2ccccc2)c2ccccc2)cc1. The number of amides is 1. The zero-order valence-corrected chi connectivity index (χ0v) is 39.6. The lowest BCUT2D eigenvalue weighted by Gasteiger charge is -2.44. The first kappa shape index (κ1) is 45.6. The molecule has 6 aromatic carbocycles. The van der Waals surface area contributed by atoms with Crippen LogP contribution in [-0.4, -0.2) is 46.1 Å². The normalized spacial score (nSPS) is 13.1. The number of ketones is 1. The van der Waals surface area contributed by atoms with Gasteiger partial charge >= 0.3 is 11.9 Å². The number of nitrogens with zero attached hydrogens (tertiary/aromatic N) is 4. The number of hydrogen-bond donors (Lipinski definition) is 0. The van der Waals surface area contributed by atoms with E-state index in [4.69, 9.17) is 8.83 Å². The van der Waals surface area contributed by atoms with Gasteiger partial charge in [-0.2, -0.15) is 26.4 Å². The Balaban J connectivity index is 0.000000191. The Morgan fingerprint density at radius 2 is 1.29 bits per heavy atom. The van der Waals surface area contributed by atoms with Crippen LogP contribution in [0.5, 0.6) is 0 Å². The molecule has 346 valence electrons. The van der Waals surface area contributed by atoms with Gasteiger partial charge in [-0.05, 0) is 48.4 Å². The van der Waals surface area contributed by atoms with E-state index in [1.54, 1.807) is 51.1 Å². The second kappa shape index (κ2) is 19.4. The molecule has 4 aromatic heterocycles. The van der Waals surface area contributed by atoms with E-state index in [0.717, 1.165) is 22.4 Å². The van der Waals surface area contributed by atoms with Gasteiger partial charge in [0.25, 0.3) is 0 Å². The quantitative estimate of drug-likeness (QED) is 0.0772. The van der Waals surface area contributed by atoms with Crippen molar-refractivity contribution in [2.45, 2.75) is 24.6 Å². The van der Waals surface area contributed by atoms with Crippen LogP contribution in [0.25, 0.3) is 22.0 Å². The molecule has 0 saturated heterocycles. The van der Waals surface area contributed by atoms with Crippen LogP contribution < -0.4 is 32.2 Å². The second-order valence-corrected chi connectivity index (χ2v) is 18.7.